The van der Waals surface area contributed by atoms with E-state index in [1.165, 1.54) is 0 Å². The van der Waals surface area contributed by atoms with E-state index in [1.54, 1.807) is 23.1 Å². The number of ketones is 1. The van der Waals surface area contributed by atoms with E-state index in [9.17, 15) is 9.59 Å². The summed E-state index contributed by atoms with van der Waals surface area (Å²) in [6.45, 7) is 1.00. The molecule has 0 aliphatic carbocycles. The zero-order chi connectivity index (χ0) is 12.4. The highest BCUT2D eigenvalue weighted by Gasteiger charge is 2.22. The summed E-state index contributed by atoms with van der Waals surface area (Å²) in [7, 11) is 0. The molecule has 1 aromatic carbocycles. The van der Waals surface area contributed by atoms with Gasteiger partial charge in [-0.2, -0.15) is 0 Å². The minimum Gasteiger partial charge on any atom is -0.338 e. The number of carbonyl (C=O) groups is 2. The third-order valence-corrected chi connectivity index (χ3v) is 3.39. The number of Topliss-reactive ketones (excluding diaryl/α,β-unsaturated/α-hetero) is 1. The molecule has 0 N–H and O–H groups in total. The van der Waals surface area contributed by atoms with Gasteiger partial charge in [0.2, 0.25) is 0 Å². The summed E-state index contributed by atoms with van der Waals surface area (Å²) in [5, 5.41) is 0.524. The molecule has 1 saturated heterocycles. The van der Waals surface area contributed by atoms with Gasteiger partial charge in [0.25, 0.3) is 5.91 Å². The SMILES string of the molecule is O=C1CCN(C(=O)c2cc(Cl)cc(Br)c2)CC1. The Hall–Kier alpha value is -0.870. The van der Waals surface area contributed by atoms with E-state index in [0.29, 0.717) is 36.5 Å². The number of carbonyl (C=O) groups excluding carboxylic acids is 2. The molecule has 2 rings (SSSR count). The van der Waals surface area contributed by atoms with Crippen molar-refractivity contribution in [3.8, 4) is 0 Å². The van der Waals surface area contributed by atoms with Crippen LogP contribution >= 0.6 is 27.5 Å². The summed E-state index contributed by atoms with van der Waals surface area (Å²) < 4.78 is 0.779. The molecule has 0 radical (unpaired) electrons. The van der Waals surface area contributed by atoms with Crippen LogP contribution in [0.15, 0.2) is 22.7 Å². The molecule has 1 heterocycles. The van der Waals surface area contributed by atoms with E-state index >= 15 is 0 Å². The van der Waals surface area contributed by atoms with Crippen molar-refractivity contribution in [1.82, 2.24) is 4.90 Å². The van der Waals surface area contributed by atoms with Crippen LogP contribution < -0.4 is 0 Å². The summed E-state index contributed by atoms with van der Waals surface area (Å²) in [6.07, 6.45) is 0.904. The van der Waals surface area contributed by atoms with Gasteiger partial charge in [0, 0.05) is 41.0 Å². The van der Waals surface area contributed by atoms with E-state index in [0.717, 1.165) is 4.47 Å². The molecule has 1 aromatic rings. The number of halogens is 2. The molecule has 5 heteroatoms. The molecular weight excluding hydrogens is 305 g/mol. The minimum atomic E-state index is -0.0688. The van der Waals surface area contributed by atoms with Crippen LogP contribution in [0.5, 0.6) is 0 Å². The number of likely N-dealkylation sites (tertiary alicyclic amines) is 1. The third-order valence-electron chi connectivity index (χ3n) is 2.72. The van der Waals surface area contributed by atoms with E-state index in [4.69, 9.17) is 11.6 Å². The van der Waals surface area contributed by atoms with Crippen molar-refractivity contribution in [2.45, 2.75) is 12.8 Å². The number of benzene rings is 1. The first-order valence-corrected chi connectivity index (χ1v) is 6.50. The second-order valence-corrected chi connectivity index (χ2v) is 5.34. The summed E-state index contributed by atoms with van der Waals surface area (Å²) in [6, 6.07) is 5.12. The Balaban J connectivity index is 2.16. The molecule has 17 heavy (non-hydrogen) atoms. The van der Waals surface area contributed by atoms with Crippen LogP contribution in [0.2, 0.25) is 5.02 Å². The van der Waals surface area contributed by atoms with Crippen molar-refractivity contribution in [2.24, 2.45) is 0 Å². The Labute approximate surface area is 113 Å². The van der Waals surface area contributed by atoms with Gasteiger partial charge in [-0.15, -0.1) is 0 Å². The average Bonchev–Trinajstić information content (AvgIpc) is 2.28. The van der Waals surface area contributed by atoms with Crippen molar-refractivity contribution in [3.05, 3.63) is 33.3 Å². The van der Waals surface area contributed by atoms with E-state index in [-0.39, 0.29) is 11.7 Å². The van der Waals surface area contributed by atoms with Crippen LogP contribution in [-0.4, -0.2) is 29.7 Å². The first-order chi connectivity index (χ1) is 8.06. The van der Waals surface area contributed by atoms with Gasteiger partial charge in [0.1, 0.15) is 5.78 Å². The van der Waals surface area contributed by atoms with Gasteiger partial charge >= 0.3 is 0 Å². The van der Waals surface area contributed by atoms with Gasteiger partial charge in [-0.05, 0) is 18.2 Å². The molecule has 0 aromatic heterocycles. The standard InChI is InChI=1S/C12H11BrClNO2/c13-9-5-8(6-10(14)7-9)12(17)15-3-1-11(16)2-4-15/h5-7H,1-4H2. The van der Waals surface area contributed by atoms with Crippen LogP contribution in [0.3, 0.4) is 0 Å². The maximum Gasteiger partial charge on any atom is 0.253 e. The second kappa shape index (κ2) is 5.19. The predicted octanol–water partition coefficient (Wildman–Crippen LogP) is 2.91. The van der Waals surface area contributed by atoms with Crippen LogP contribution in [-0.2, 0) is 4.79 Å². The highest BCUT2D eigenvalue weighted by molar-refractivity contribution is 9.10. The lowest BCUT2D eigenvalue weighted by molar-refractivity contribution is -0.120. The summed E-state index contributed by atoms with van der Waals surface area (Å²) in [5.41, 5.74) is 0.554. The molecule has 90 valence electrons. The zero-order valence-corrected chi connectivity index (χ0v) is 11.4. The zero-order valence-electron chi connectivity index (χ0n) is 9.08. The third kappa shape index (κ3) is 3.07. The lowest BCUT2D eigenvalue weighted by Crippen LogP contribution is -2.38. The quantitative estimate of drug-likeness (QED) is 0.799. The number of nitrogens with zero attached hydrogens (tertiary/aromatic N) is 1. The molecule has 1 amide bonds. The number of amides is 1. The second-order valence-electron chi connectivity index (χ2n) is 3.99. The molecule has 0 unspecified atom stereocenters. The van der Waals surface area contributed by atoms with Crippen molar-refractivity contribution >= 4 is 39.2 Å². The highest BCUT2D eigenvalue weighted by atomic mass is 79.9. The van der Waals surface area contributed by atoms with Crippen LogP contribution in [0, 0.1) is 0 Å². The molecule has 0 spiro atoms. The van der Waals surface area contributed by atoms with Gasteiger partial charge in [-0.1, -0.05) is 27.5 Å². The number of hydrogen-bond acceptors (Lipinski definition) is 2. The Morgan fingerprint density at radius 3 is 2.47 bits per heavy atom. The topological polar surface area (TPSA) is 37.4 Å². The van der Waals surface area contributed by atoms with Gasteiger partial charge in [-0.25, -0.2) is 0 Å². The van der Waals surface area contributed by atoms with E-state index in [1.807, 2.05) is 0 Å². The van der Waals surface area contributed by atoms with Crippen LogP contribution in [0.1, 0.15) is 23.2 Å². The van der Waals surface area contributed by atoms with E-state index < -0.39 is 0 Å². The minimum absolute atomic E-state index is 0.0688. The summed E-state index contributed by atoms with van der Waals surface area (Å²) >= 11 is 9.21. The fourth-order valence-electron chi connectivity index (χ4n) is 1.82. The first-order valence-electron chi connectivity index (χ1n) is 5.33. The van der Waals surface area contributed by atoms with Crippen molar-refractivity contribution in [1.29, 1.82) is 0 Å². The maximum atomic E-state index is 12.1. The summed E-state index contributed by atoms with van der Waals surface area (Å²) in [5.74, 6) is 0.155. The van der Waals surface area contributed by atoms with Crippen molar-refractivity contribution < 1.29 is 9.59 Å². The Bertz CT molecular complexity index is 445. The number of piperidine rings is 1. The molecule has 3 nitrogen and oxygen atoms in total. The van der Waals surface area contributed by atoms with Gasteiger partial charge in [0.15, 0.2) is 0 Å². The lowest BCUT2D eigenvalue weighted by atomic mass is 10.1. The molecule has 1 fully saturated rings. The fourth-order valence-corrected chi connectivity index (χ4v) is 2.68. The molecule has 0 saturated carbocycles. The molecule has 0 atom stereocenters. The van der Waals surface area contributed by atoms with Gasteiger partial charge in [-0.3, -0.25) is 9.59 Å². The van der Waals surface area contributed by atoms with Crippen molar-refractivity contribution in [2.75, 3.05) is 13.1 Å². The summed E-state index contributed by atoms with van der Waals surface area (Å²) in [4.78, 5) is 24.9. The van der Waals surface area contributed by atoms with Gasteiger partial charge in [0.05, 0.1) is 0 Å². The highest BCUT2D eigenvalue weighted by Crippen LogP contribution is 2.21. The number of hydrogen-bond donors (Lipinski definition) is 0. The largest absolute Gasteiger partial charge is 0.338 e. The van der Waals surface area contributed by atoms with Gasteiger partial charge < -0.3 is 4.90 Å². The maximum absolute atomic E-state index is 12.1. The van der Waals surface area contributed by atoms with E-state index in [2.05, 4.69) is 15.9 Å². The molecule has 1 aliphatic heterocycles. The smallest absolute Gasteiger partial charge is 0.253 e. The Kier molecular flexibility index (Phi) is 3.84. The molecular formula is C12H11BrClNO2. The van der Waals surface area contributed by atoms with Crippen molar-refractivity contribution in [3.63, 3.8) is 0 Å². The lowest BCUT2D eigenvalue weighted by Gasteiger charge is -2.26. The monoisotopic (exact) mass is 315 g/mol. The predicted molar refractivity (Wildman–Crippen MR) is 69.3 cm³/mol. The Morgan fingerprint density at radius 1 is 1.24 bits per heavy atom. The fraction of sp³-hybridized carbons (Fsp3) is 0.333. The first kappa shape index (κ1) is 12.6. The Morgan fingerprint density at radius 2 is 1.88 bits per heavy atom. The van der Waals surface area contributed by atoms with Crippen LogP contribution in [0.4, 0.5) is 0 Å². The van der Waals surface area contributed by atoms with Crippen LogP contribution in [0.25, 0.3) is 0 Å². The normalized spacial score (nSPS) is 16.1. The number of rotatable bonds is 1. The average molecular weight is 317 g/mol. The molecule has 1 aliphatic rings. The molecule has 0 bridgehead atoms.